The third kappa shape index (κ3) is 1.93. The van der Waals surface area contributed by atoms with Crippen molar-refractivity contribution >= 4 is 10.8 Å². The van der Waals surface area contributed by atoms with E-state index < -0.39 is 16.0 Å². The Hall–Kier alpha value is -1.14. The van der Waals surface area contributed by atoms with Crippen LogP contribution in [0.1, 0.15) is 6.92 Å². The SMILES string of the molecule is CC(C#N)S(=O)c1ccccc1. The lowest BCUT2D eigenvalue weighted by Crippen LogP contribution is -2.07. The molecule has 3 heteroatoms. The van der Waals surface area contributed by atoms with Gasteiger partial charge in [0.2, 0.25) is 0 Å². The molecule has 0 amide bonds. The number of hydrogen-bond acceptors (Lipinski definition) is 2. The summed E-state index contributed by atoms with van der Waals surface area (Å²) >= 11 is 0. The lowest BCUT2D eigenvalue weighted by Gasteiger charge is -2.01. The van der Waals surface area contributed by atoms with Crippen LogP contribution < -0.4 is 0 Å². The molecule has 2 unspecified atom stereocenters. The topological polar surface area (TPSA) is 40.9 Å². The molecule has 0 bridgehead atoms. The molecule has 1 aromatic carbocycles. The van der Waals surface area contributed by atoms with Crippen LogP contribution in [-0.4, -0.2) is 9.46 Å². The van der Waals surface area contributed by atoms with Gasteiger partial charge in [-0.05, 0) is 19.1 Å². The van der Waals surface area contributed by atoms with Crippen LogP contribution in [0, 0.1) is 11.3 Å². The van der Waals surface area contributed by atoms with Crippen molar-refractivity contribution in [3.05, 3.63) is 30.3 Å². The molecular formula is C9H9NOS. The van der Waals surface area contributed by atoms with Crippen LogP contribution in [0.25, 0.3) is 0 Å². The third-order valence-corrected chi connectivity index (χ3v) is 2.96. The molecule has 62 valence electrons. The van der Waals surface area contributed by atoms with E-state index in [1.807, 2.05) is 24.3 Å². The minimum atomic E-state index is -1.19. The summed E-state index contributed by atoms with van der Waals surface area (Å²) in [6.07, 6.45) is 0. The van der Waals surface area contributed by atoms with Crippen LogP contribution in [0.2, 0.25) is 0 Å². The molecule has 0 aliphatic carbocycles. The van der Waals surface area contributed by atoms with Crippen LogP contribution in [0.3, 0.4) is 0 Å². The highest BCUT2D eigenvalue weighted by Crippen LogP contribution is 2.09. The summed E-state index contributed by atoms with van der Waals surface area (Å²) in [7, 11) is -1.19. The Morgan fingerprint density at radius 1 is 1.42 bits per heavy atom. The maximum atomic E-state index is 11.5. The van der Waals surface area contributed by atoms with Gasteiger partial charge in [-0.25, -0.2) is 0 Å². The van der Waals surface area contributed by atoms with E-state index in [4.69, 9.17) is 5.26 Å². The highest BCUT2D eigenvalue weighted by molar-refractivity contribution is 7.86. The summed E-state index contributed by atoms with van der Waals surface area (Å²) in [6, 6.07) is 11.0. The van der Waals surface area contributed by atoms with E-state index >= 15 is 0 Å². The van der Waals surface area contributed by atoms with Gasteiger partial charge < -0.3 is 0 Å². The van der Waals surface area contributed by atoms with Gasteiger partial charge in [0.1, 0.15) is 5.25 Å². The lowest BCUT2D eigenvalue weighted by atomic mass is 10.4. The number of benzene rings is 1. The average Bonchev–Trinajstić information content (AvgIpc) is 2.17. The van der Waals surface area contributed by atoms with Gasteiger partial charge in [-0.3, -0.25) is 4.21 Å². The van der Waals surface area contributed by atoms with Crippen molar-refractivity contribution in [1.82, 2.24) is 0 Å². The van der Waals surface area contributed by atoms with Gasteiger partial charge in [0.25, 0.3) is 0 Å². The molecule has 0 fully saturated rings. The molecule has 0 radical (unpaired) electrons. The van der Waals surface area contributed by atoms with E-state index in [2.05, 4.69) is 0 Å². The molecule has 0 aromatic heterocycles. The summed E-state index contributed by atoms with van der Waals surface area (Å²) in [4.78, 5) is 0.714. The number of rotatable bonds is 2. The fourth-order valence-corrected chi connectivity index (χ4v) is 1.74. The molecule has 12 heavy (non-hydrogen) atoms. The zero-order valence-corrected chi connectivity index (χ0v) is 7.54. The fourth-order valence-electron chi connectivity index (χ4n) is 0.807. The summed E-state index contributed by atoms with van der Waals surface area (Å²) in [5.74, 6) is 0. The van der Waals surface area contributed by atoms with Crippen molar-refractivity contribution < 1.29 is 4.21 Å². The molecule has 0 aliphatic heterocycles. The molecule has 0 saturated heterocycles. The minimum absolute atomic E-state index is 0.438. The molecule has 0 N–H and O–H groups in total. The first kappa shape index (κ1) is 8.95. The van der Waals surface area contributed by atoms with E-state index in [-0.39, 0.29) is 0 Å². The van der Waals surface area contributed by atoms with Crippen LogP contribution in [-0.2, 0) is 10.8 Å². The first-order valence-electron chi connectivity index (χ1n) is 3.61. The van der Waals surface area contributed by atoms with Crippen LogP contribution in [0.4, 0.5) is 0 Å². The molecule has 2 nitrogen and oxygen atoms in total. The van der Waals surface area contributed by atoms with Crippen LogP contribution in [0.15, 0.2) is 35.2 Å². The van der Waals surface area contributed by atoms with Crippen LogP contribution >= 0.6 is 0 Å². The van der Waals surface area contributed by atoms with Gasteiger partial charge in [-0.2, -0.15) is 5.26 Å². The Kier molecular flexibility index (Phi) is 3.01. The second kappa shape index (κ2) is 4.03. The summed E-state index contributed by atoms with van der Waals surface area (Å²) in [6.45, 7) is 1.66. The second-order valence-electron chi connectivity index (χ2n) is 2.38. The fraction of sp³-hybridized carbons (Fsp3) is 0.222. The standard InChI is InChI=1S/C9H9NOS/c1-8(7-10)12(11)9-5-3-2-4-6-9/h2-6,8H,1H3. The van der Waals surface area contributed by atoms with Gasteiger partial charge in [-0.15, -0.1) is 0 Å². The van der Waals surface area contributed by atoms with Gasteiger partial charge >= 0.3 is 0 Å². The minimum Gasteiger partial charge on any atom is -0.253 e. The zero-order valence-electron chi connectivity index (χ0n) is 6.73. The number of hydrogen-bond donors (Lipinski definition) is 0. The van der Waals surface area contributed by atoms with Crippen molar-refractivity contribution in [2.75, 3.05) is 0 Å². The van der Waals surface area contributed by atoms with E-state index in [1.165, 1.54) is 0 Å². The second-order valence-corrected chi connectivity index (χ2v) is 4.16. The zero-order chi connectivity index (χ0) is 8.97. The van der Waals surface area contributed by atoms with Gasteiger partial charge in [0, 0.05) is 4.90 Å². The molecule has 2 atom stereocenters. The largest absolute Gasteiger partial charge is 0.253 e. The lowest BCUT2D eigenvalue weighted by molar-refractivity contribution is 0.680. The van der Waals surface area contributed by atoms with Crippen molar-refractivity contribution in [2.45, 2.75) is 17.1 Å². The summed E-state index contributed by atoms with van der Waals surface area (Å²) < 4.78 is 11.5. The maximum absolute atomic E-state index is 11.5. The first-order valence-corrected chi connectivity index (χ1v) is 4.82. The Morgan fingerprint density at radius 2 is 2.00 bits per heavy atom. The Morgan fingerprint density at radius 3 is 2.50 bits per heavy atom. The predicted octanol–water partition coefficient (Wildman–Crippen LogP) is 1.71. The molecule has 0 spiro atoms. The Bertz CT molecular complexity index is 315. The highest BCUT2D eigenvalue weighted by atomic mass is 32.2. The summed E-state index contributed by atoms with van der Waals surface area (Å²) in [5, 5.41) is 8.09. The normalized spacial score (nSPS) is 14.7. The molecule has 1 aromatic rings. The van der Waals surface area contributed by atoms with Crippen molar-refractivity contribution in [3.63, 3.8) is 0 Å². The Balaban J connectivity index is 2.88. The summed E-state index contributed by atoms with van der Waals surface area (Å²) in [5.41, 5.74) is 0. The third-order valence-electron chi connectivity index (χ3n) is 1.48. The van der Waals surface area contributed by atoms with E-state index in [1.54, 1.807) is 19.1 Å². The molecular weight excluding hydrogens is 170 g/mol. The first-order chi connectivity index (χ1) is 5.75. The van der Waals surface area contributed by atoms with Crippen molar-refractivity contribution in [3.8, 4) is 6.07 Å². The van der Waals surface area contributed by atoms with Gasteiger partial charge in [0.15, 0.2) is 0 Å². The van der Waals surface area contributed by atoms with Gasteiger partial charge in [-0.1, -0.05) is 18.2 Å². The highest BCUT2D eigenvalue weighted by Gasteiger charge is 2.10. The number of nitriles is 1. The number of nitrogens with zero attached hydrogens (tertiary/aromatic N) is 1. The van der Waals surface area contributed by atoms with E-state index in [9.17, 15) is 4.21 Å². The van der Waals surface area contributed by atoms with Crippen molar-refractivity contribution in [1.29, 1.82) is 5.26 Å². The van der Waals surface area contributed by atoms with Crippen molar-refractivity contribution in [2.24, 2.45) is 0 Å². The predicted molar refractivity (Wildman–Crippen MR) is 47.9 cm³/mol. The molecule has 0 aliphatic rings. The van der Waals surface area contributed by atoms with E-state index in [0.717, 1.165) is 0 Å². The quantitative estimate of drug-likeness (QED) is 0.693. The maximum Gasteiger partial charge on any atom is 0.123 e. The monoisotopic (exact) mass is 179 g/mol. The average molecular weight is 179 g/mol. The molecule has 1 rings (SSSR count). The van der Waals surface area contributed by atoms with E-state index in [0.29, 0.717) is 4.90 Å². The van der Waals surface area contributed by atoms with Gasteiger partial charge in [0.05, 0.1) is 16.9 Å². The Labute approximate surface area is 74.3 Å². The smallest absolute Gasteiger partial charge is 0.123 e. The molecule has 0 saturated carbocycles. The van der Waals surface area contributed by atoms with Crippen LogP contribution in [0.5, 0.6) is 0 Å². The molecule has 0 heterocycles.